The number of hydrogen-bond donors (Lipinski definition) is 3. The fourth-order valence-electron chi connectivity index (χ4n) is 1.66. The first-order valence-corrected chi connectivity index (χ1v) is 6.64. The van der Waals surface area contributed by atoms with Crippen LogP contribution in [-0.4, -0.2) is 11.7 Å². The van der Waals surface area contributed by atoms with Gasteiger partial charge >= 0.3 is 0 Å². The molecule has 2 rings (SSSR count). The first-order chi connectivity index (χ1) is 9.34. The molecule has 19 heavy (non-hydrogen) atoms. The molecule has 0 aliphatic carbocycles. The predicted octanol–water partition coefficient (Wildman–Crippen LogP) is 2.72. The summed E-state index contributed by atoms with van der Waals surface area (Å²) in [5.74, 6) is 0. The van der Waals surface area contributed by atoms with Crippen LogP contribution in [-0.2, 0) is 6.42 Å². The number of thiocarbonyl (C=S) groups is 1. The summed E-state index contributed by atoms with van der Waals surface area (Å²) < 4.78 is 0. The van der Waals surface area contributed by atoms with Gasteiger partial charge in [0.05, 0.1) is 5.69 Å². The summed E-state index contributed by atoms with van der Waals surface area (Å²) in [4.78, 5) is 0. The zero-order valence-electron chi connectivity index (χ0n) is 10.6. The number of rotatable bonds is 5. The molecule has 0 spiro atoms. The van der Waals surface area contributed by atoms with Gasteiger partial charge in [-0.1, -0.05) is 48.5 Å². The predicted molar refractivity (Wildman–Crippen MR) is 83.9 cm³/mol. The monoisotopic (exact) mass is 271 g/mol. The van der Waals surface area contributed by atoms with E-state index in [1.807, 2.05) is 48.5 Å². The van der Waals surface area contributed by atoms with Crippen molar-refractivity contribution in [2.75, 3.05) is 12.0 Å². The molecule has 3 N–H and O–H groups in total. The zero-order valence-corrected chi connectivity index (χ0v) is 11.4. The molecular weight excluding hydrogens is 254 g/mol. The molecular formula is C15H17N3S. The molecule has 4 heteroatoms. The Morgan fingerprint density at radius 3 is 2.21 bits per heavy atom. The average molecular weight is 271 g/mol. The highest BCUT2D eigenvalue weighted by Gasteiger charge is 1.95. The molecule has 98 valence electrons. The highest BCUT2D eigenvalue weighted by Crippen LogP contribution is 2.02. The van der Waals surface area contributed by atoms with E-state index in [1.165, 1.54) is 5.56 Å². The van der Waals surface area contributed by atoms with Crippen molar-refractivity contribution in [2.45, 2.75) is 6.42 Å². The zero-order chi connectivity index (χ0) is 13.3. The number of para-hydroxylation sites is 1. The third kappa shape index (κ3) is 4.97. The first kappa shape index (κ1) is 13.4. The van der Waals surface area contributed by atoms with Gasteiger partial charge in [0.15, 0.2) is 5.11 Å². The van der Waals surface area contributed by atoms with Crippen molar-refractivity contribution in [2.24, 2.45) is 0 Å². The molecule has 2 aromatic rings. The molecule has 0 fully saturated rings. The molecule has 0 aliphatic rings. The minimum atomic E-state index is 0.597. The molecule has 0 saturated heterocycles. The normalized spacial score (nSPS) is 9.68. The van der Waals surface area contributed by atoms with E-state index in [-0.39, 0.29) is 0 Å². The third-order valence-corrected chi connectivity index (χ3v) is 2.88. The molecule has 0 amide bonds. The fourth-order valence-corrected chi connectivity index (χ4v) is 1.81. The minimum absolute atomic E-state index is 0.597. The molecule has 3 nitrogen and oxygen atoms in total. The molecule has 2 aromatic carbocycles. The van der Waals surface area contributed by atoms with Gasteiger partial charge in [-0.25, -0.2) is 0 Å². The van der Waals surface area contributed by atoms with Crippen LogP contribution in [0.5, 0.6) is 0 Å². The van der Waals surface area contributed by atoms with Gasteiger partial charge < -0.3 is 5.32 Å². The van der Waals surface area contributed by atoms with Gasteiger partial charge in [0.25, 0.3) is 0 Å². The van der Waals surface area contributed by atoms with Crippen LogP contribution >= 0.6 is 12.2 Å². The summed E-state index contributed by atoms with van der Waals surface area (Å²) in [5, 5.41) is 3.76. The Balaban J connectivity index is 1.65. The second-order valence-electron chi connectivity index (χ2n) is 4.11. The number of hydrogen-bond acceptors (Lipinski definition) is 2. The van der Waals surface area contributed by atoms with Crippen LogP contribution in [0.1, 0.15) is 5.56 Å². The van der Waals surface area contributed by atoms with Crippen LogP contribution in [0.2, 0.25) is 0 Å². The summed E-state index contributed by atoms with van der Waals surface area (Å²) in [7, 11) is 0. The lowest BCUT2D eigenvalue weighted by atomic mass is 10.1. The van der Waals surface area contributed by atoms with Crippen molar-refractivity contribution in [3.8, 4) is 0 Å². The average Bonchev–Trinajstić information content (AvgIpc) is 2.47. The summed E-state index contributed by atoms with van der Waals surface area (Å²) in [5.41, 5.74) is 8.28. The summed E-state index contributed by atoms with van der Waals surface area (Å²) in [6, 6.07) is 20.2. The largest absolute Gasteiger partial charge is 0.361 e. The lowest BCUT2D eigenvalue weighted by Gasteiger charge is -2.12. The van der Waals surface area contributed by atoms with Crippen molar-refractivity contribution in [1.82, 2.24) is 10.7 Å². The maximum absolute atomic E-state index is 5.18. The van der Waals surface area contributed by atoms with Crippen LogP contribution in [0.25, 0.3) is 0 Å². The Bertz CT molecular complexity index is 499. The van der Waals surface area contributed by atoms with E-state index in [0.29, 0.717) is 5.11 Å². The molecule has 0 aromatic heterocycles. The second kappa shape index (κ2) is 7.38. The smallest absolute Gasteiger partial charge is 0.185 e. The van der Waals surface area contributed by atoms with Gasteiger partial charge in [0.1, 0.15) is 0 Å². The Hall–Kier alpha value is -2.07. The first-order valence-electron chi connectivity index (χ1n) is 6.23. The Labute approximate surface area is 119 Å². The van der Waals surface area contributed by atoms with Crippen molar-refractivity contribution in [1.29, 1.82) is 0 Å². The Kier molecular flexibility index (Phi) is 5.19. The standard InChI is InChI=1S/C15H17N3S/c19-15(18-17-14-9-5-2-6-10-14)16-12-11-13-7-3-1-4-8-13/h1-10,17H,11-12H2,(H2,16,18,19). The fraction of sp³-hybridized carbons (Fsp3) is 0.133. The van der Waals surface area contributed by atoms with Crippen LogP contribution in [0, 0.1) is 0 Å². The van der Waals surface area contributed by atoms with Gasteiger partial charge in [-0.15, -0.1) is 0 Å². The van der Waals surface area contributed by atoms with E-state index in [4.69, 9.17) is 12.2 Å². The maximum atomic E-state index is 5.18. The summed E-state index contributed by atoms with van der Waals surface area (Å²) >= 11 is 5.18. The van der Waals surface area contributed by atoms with Gasteiger partial charge in [0.2, 0.25) is 0 Å². The highest BCUT2D eigenvalue weighted by atomic mass is 32.1. The summed E-state index contributed by atoms with van der Waals surface area (Å²) in [6.07, 6.45) is 0.952. The maximum Gasteiger partial charge on any atom is 0.185 e. The van der Waals surface area contributed by atoms with Gasteiger partial charge in [-0.3, -0.25) is 10.9 Å². The van der Waals surface area contributed by atoms with Crippen LogP contribution in [0.4, 0.5) is 5.69 Å². The van der Waals surface area contributed by atoms with Crippen molar-refractivity contribution in [3.63, 3.8) is 0 Å². The molecule has 0 heterocycles. The number of nitrogens with one attached hydrogen (secondary N) is 3. The van der Waals surface area contributed by atoms with E-state index in [0.717, 1.165) is 18.7 Å². The molecule has 0 aliphatic heterocycles. The van der Waals surface area contributed by atoms with Crippen LogP contribution in [0.3, 0.4) is 0 Å². The van der Waals surface area contributed by atoms with E-state index in [9.17, 15) is 0 Å². The van der Waals surface area contributed by atoms with E-state index in [2.05, 4.69) is 28.3 Å². The highest BCUT2D eigenvalue weighted by molar-refractivity contribution is 7.80. The summed E-state index contributed by atoms with van der Waals surface area (Å²) in [6.45, 7) is 0.812. The van der Waals surface area contributed by atoms with Crippen molar-refractivity contribution in [3.05, 3.63) is 66.2 Å². The van der Waals surface area contributed by atoms with Crippen LogP contribution in [0.15, 0.2) is 60.7 Å². The number of benzene rings is 2. The SMILES string of the molecule is S=C(NCCc1ccccc1)NNc1ccccc1. The molecule has 0 saturated carbocycles. The van der Waals surface area contributed by atoms with E-state index >= 15 is 0 Å². The molecule has 0 bridgehead atoms. The Morgan fingerprint density at radius 2 is 1.53 bits per heavy atom. The van der Waals surface area contributed by atoms with Crippen LogP contribution < -0.4 is 16.2 Å². The molecule has 0 unspecified atom stereocenters. The van der Waals surface area contributed by atoms with Gasteiger partial charge in [-0.05, 0) is 36.3 Å². The van der Waals surface area contributed by atoms with E-state index in [1.54, 1.807) is 0 Å². The van der Waals surface area contributed by atoms with Gasteiger partial charge in [-0.2, -0.15) is 0 Å². The van der Waals surface area contributed by atoms with E-state index < -0.39 is 0 Å². The number of anilines is 1. The second-order valence-corrected chi connectivity index (χ2v) is 4.52. The van der Waals surface area contributed by atoms with Crippen molar-refractivity contribution >= 4 is 23.0 Å². The van der Waals surface area contributed by atoms with Gasteiger partial charge in [0, 0.05) is 6.54 Å². The Morgan fingerprint density at radius 1 is 0.895 bits per heavy atom. The molecule has 0 atom stereocenters. The van der Waals surface area contributed by atoms with Crippen molar-refractivity contribution < 1.29 is 0 Å². The quantitative estimate of drug-likeness (QED) is 0.577. The third-order valence-electron chi connectivity index (χ3n) is 2.64. The topological polar surface area (TPSA) is 36.1 Å². The lowest BCUT2D eigenvalue weighted by Crippen LogP contribution is -2.39. The lowest BCUT2D eigenvalue weighted by molar-refractivity contribution is 0.848. The minimum Gasteiger partial charge on any atom is -0.361 e. The number of hydrazine groups is 1. The molecule has 0 radical (unpaired) electrons.